The molecule has 2 nitrogen and oxygen atoms in total. The lowest BCUT2D eigenvalue weighted by Crippen LogP contribution is -2.26. The molecule has 1 fully saturated rings. The standard InChI is InChI=1S/C19H31NO/c1-4-5-17-10-11-20(13-17)14-19(21)18-8-6-16(7-9-18)12-15(2)3/h6-9,15,17,19,21H,4-5,10-14H2,1-3H3. The van der Waals surface area contributed by atoms with Gasteiger partial charge in [-0.05, 0) is 48.8 Å². The molecule has 0 amide bonds. The molecule has 0 bridgehead atoms. The van der Waals surface area contributed by atoms with Crippen LogP contribution in [0.4, 0.5) is 0 Å². The van der Waals surface area contributed by atoms with Gasteiger partial charge in [0.25, 0.3) is 0 Å². The van der Waals surface area contributed by atoms with Gasteiger partial charge in [-0.2, -0.15) is 0 Å². The number of likely N-dealkylation sites (tertiary alicyclic amines) is 1. The fourth-order valence-corrected chi connectivity index (χ4v) is 3.42. The second-order valence-electron chi connectivity index (χ2n) is 7.06. The van der Waals surface area contributed by atoms with Gasteiger partial charge in [-0.15, -0.1) is 0 Å². The van der Waals surface area contributed by atoms with Crippen molar-refractivity contribution in [1.82, 2.24) is 4.90 Å². The first kappa shape index (κ1) is 16.5. The highest BCUT2D eigenvalue weighted by molar-refractivity contribution is 5.24. The van der Waals surface area contributed by atoms with Gasteiger partial charge in [0.2, 0.25) is 0 Å². The van der Waals surface area contributed by atoms with Crippen molar-refractivity contribution in [3.8, 4) is 0 Å². The first-order valence-electron chi connectivity index (χ1n) is 8.57. The van der Waals surface area contributed by atoms with Crippen LogP contribution >= 0.6 is 0 Å². The summed E-state index contributed by atoms with van der Waals surface area (Å²) in [5, 5.41) is 10.4. The van der Waals surface area contributed by atoms with Gasteiger partial charge >= 0.3 is 0 Å². The monoisotopic (exact) mass is 289 g/mol. The highest BCUT2D eigenvalue weighted by atomic mass is 16.3. The Labute approximate surface area is 130 Å². The quantitative estimate of drug-likeness (QED) is 0.819. The molecule has 2 atom stereocenters. The van der Waals surface area contributed by atoms with Crippen LogP contribution in [0.5, 0.6) is 0 Å². The van der Waals surface area contributed by atoms with Crippen molar-refractivity contribution < 1.29 is 5.11 Å². The van der Waals surface area contributed by atoms with Crippen LogP contribution in [0.1, 0.15) is 57.3 Å². The Bertz CT molecular complexity index is 412. The topological polar surface area (TPSA) is 23.5 Å². The molecular weight excluding hydrogens is 258 g/mol. The SMILES string of the molecule is CCCC1CCN(CC(O)c2ccc(CC(C)C)cc2)C1. The molecule has 1 aromatic carbocycles. The lowest BCUT2D eigenvalue weighted by molar-refractivity contribution is 0.124. The van der Waals surface area contributed by atoms with Crippen LogP contribution in [-0.2, 0) is 6.42 Å². The van der Waals surface area contributed by atoms with Gasteiger partial charge in [0, 0.05) is 13.1 Å². The third-order valence-electron chi connectivity index (χ3n) is 4.51. The number of rotatable bonds is 7. The molecule has 2 heteroatoms. The van der Waals surface area contributed by atoms with Crippen molar-refractivity contribution >= 4 is 0 Å². The zero-order chi connectivity index (χ0) is 15.2. The molecule has 1 saturated heterocycles. The van der Waals surface area contributed by atoms with E-state index in [1.54, 1.807) is 0 Å². The average molecular weight is 289 g/mol. The van der Waals surface area contributed by atoms with E-state index in [-0.39, 0.29) is 6.10 Å². The molecule has 1 aliphatic rings. The van der Waals surface area contributed by atoms with Gasteiger partial charge in [0.1, 0.15) is 0 Å². The molecule has 1 heterocycles. The summed E-state index contributed by atoms with van der Waals surface area (Å²) in [4.78, 5) is 2.42. The Morgan fingerprint density at radius 2 is 1.95 bits per heavy atom. The van der Waals surface area contributed by atoms with Gasteiger partial charge in [-0.25, -0.2) is 0 Å². The third kappa shape index (κ3) is 5.12. The van der Waals surface area contributed by atoms with E-state index in [4.69, 9.17) is 0 Å². The first-order chi connectivity index (χ1) is 10.1. The number of hydrogen-bond acceptors (Lipinski definition) is 2. The number of aliphatic hydroxyl groups is 1. The van der Waals surface area contributed by atoms with Crippen molar-refractivity contribution in [2.24, 2.45) is 11.8 Å². The zero-order valence-corrected chi connectivity index (χ0v) is 13.9. The molecular formula is C19H31NO. The summed E-state index contributed by atoms with van der Waals surface area (Å²) in [5.74, 6) is 1.52. The van der Waals surface area contributed by atoms with Crippen molar-refractivity contribution in [2.75, 3.05) is 19.6 Å². The molecule has 0 saturated carbocycles. The molecule has 1 aromatic rings. The number of nitrogens with zero attached hydrogens (tertiary/aromatic N) is 1. The lowest BCUT2D eigenvalue weighted by atomic mass is 10.00. The molecule has 21 heavy (non-hydrogen) atoms. The number of hydrogen-bond donors (Lipinski definition) is 1. The summed E-state index contributed by atoms with van der Waals surface area (Å²) >= 11 is 0. The molecule has 0 radical (unpaired) electrons. The van der Waals surface area contributed by atoms with E-state index >= 15 is 0 Å². The number of aliphatic hydroxyl groups excluding tert-OH is 1. The Morgan fingerprint density at radius 1 is 1.24 bits per heavy atom. The van der Waals surface area contributed by atoms with Gasteiger partial charge < -0.3 is 10.0 Å². The second-order valence-corrected chi connectivity index (χ2v) is 7.06. The highest BCUT2D eigenvalue weighted by Gasteiger charge is 2.23. The van der Waals surface area contributed by atoms with Crippen LogP contribution < -0.4 is 0 Å². The molecule has 1 aliphatic heterocycles. The van der Waals surface area contributed by atoms with Crippen LogP contribution in [-0.4, -0.2) is 29.6 Å². The minimum absolute atomic E-state index is 0.349. The Kier molecular flexibility index (Phi) is 6.25. The largest absolute Gasteiger partial charge is 0.387 e. The minimum atomic E-state index is -0.349. The molecule has 1 N–H and O–H groups in total. The van der Waals surface area contributed by atoms with E-state index in [0.29, 0.717) is 5.92 Å². The summed E-state index contributed by atoms with van der Waals surface area (Å²) in [5.41, 5.74) is 2.42. The summed E-state index contributed by atoms with van der Waals surface area (Å²) in [6.07, 6.45) is 4.67. The van der Waals surface area contributed by atoms with Crippen LogP contribution in [0.2, 0.25) is 0 Å². The van der Waals surface area contributed by atoms with Crippen molar-refractivity contribution in [3.05, 3.63) is 35.4 Å². The van der Waals surface area contributed by atoms with Crippen LogP contribution in [0.15, 0.2) is 24.3 Å². The summed E-state index contributed by atoms with van der Waals surface area (Å²) in [6, 6.07) is 8.54. The maximum atomic E-state index is 10.4. The third-order valence-corrected chi connectivity index (χ3v) is 4.51. The lowest BCUT2D eigenvalue weighted by Gasteiger charge is -2.20. The Hall–Kier alpha value is -0.860. The smallest absolute Gasteiger partial charge is 0.0916 e. The van der Waals surface area contributed by atoms with E-state index in [2.05, 4.69) is 49.9 Å². The Morgan fingerprint density at radius 3 is 2.57 bits per heavy atom. The number of benzene rings is 1. The van der Waals surface area contributed by atoms with Crippen molar-refractivity contribution in [2.45, 2.75) is 52.6 Å². The minimum Gasteiger partial charge on any atom is -0.387 e. The zero-order valence-electron chi connectivity index (χ0n) is 13.9. The normalized spacial score (nSPS) is 21.1. The molecule has 0 aliphatic carbocycles. The first-order valence-corrected chi connectivity index (χ1v) is 8.57. The van der Waals surface area contributed by atoms with E-state index in [9.17, 15) is 5.11 Å². The maximum Gasteiger partial charge on any atom is 0.0916 e. The molecule has 118 valence electrons. The average Bonchev–Trinajstić information content (AvgIpc) is 2.86. The van der Waals surface area contributed by atoms with Crippen LogP contribution in [0.3, 0.4) is 0 Å². The van der Waals surface area contributed by atoms with Crippen LogP contribution in [0, 0.1) is 11.8 Å². The molecule has 2 rings (SSSR count). The molecule has 0 spiro atoms. The summed E-state index contributed by atoms with van der Waals surface area (Å²) in [6.45, 7) is 9.83. The fourth-order valence-electron chi connectivity index (χ4n) is 3.42. The number of β-amino-alcohol motifs (C(OH)–C–C–N with tert-alkyl or cyclic N) is 1. The Balaban J connectivity index is 1.84. The van der Waals surface area contributed by atoms with Gasteiger partial charge in [-0.3, -0.25) is 0 Å². The summed E-state index contributed by atoms with van der Waals surface area (Å²) < 4.78 is 0. The predicted molar refractivity (Wildman–Crippen MR) is 89.4 cm³/mol. The highest BCUT2D eigenvalue weighted by Crippen LogP contribution is 2.24. The molecule has 0 aromatic heterocycles. The molecule has 2 unspecified atom stereocenters. The van der Waals surface area contributed by atoms with Crippen molar-refractivity contribution in [3.63, 3.8) is 0 Å². The van der Waals surface area contributed by atoms with E-state index in [0.717, 1.165) is 37.5 Å². The van der Waals surface area contributed by atoms with E-state index in [1.807, 2.05) is 0 Å². The van der Waals surface area contributed by atoms with Gasteiger partial charge in [0.15, 0.2) is 0 Å². The van der Waals surface area contributed by atoms with Crippen molar-refractivity contribution in [1.29, 1.82) is 0 Å². The predicted octanol–water partition coefficient (Wildman–Crippen LogP) is 4.04. The summed E-state index contributed by atoms with van der Waals surface area (Å²) in [7, 11) is 0. The van der Waals surface area contributed by atoms with Gasteiger partial charge in [0.05, 0.1) is 6.10 Å². The van der Waals surface area contributed by atoms with E-state index in [1.165, 1.54) is 24.8 Å². The van der Waals surface area contributed by atoms with Crippen LogP contribution in [0.25, 0.3) is 0 Å². The fraction of sp³-hybridized carbons (Fsp3) is 0.684. The van der Waals surface area contributed by atoms with Gasteiger partial charge in [-0.1, -0.05) is 51.5 Å². The maximum absolute atomic E-state index is 10.4. The second kappa shape index (κ2) is 7.95. The van der Waals surface area contributed by atoms with E-state index < -0.39 is 0 Å².